The number of rotatable bonds is 4. The van der Waals surface area contributed by atoms with E-state index in [1.807, 2.05) is 0 Å². The van der Waals surface area contributed by atoms with E-state index in [9.17, 15) is 0 Å². The summed E-state index contributed by atoms with van der Waals surface area (Å²) in [4.78, 5) is 18.7. The molecule has 0 aromatic heterocycles. The van der Waals surface area contributed by atoms with Gasteiger partial charge in [0, 0.05) is 54.4 Å². The van der Waals surface area contributed by atoms with Crippen LogP contribution >= 0.6 is 0 Å². The molecule has 0 aliphatic carbocycles. The highest BCUT2D eigenvalue weighted by atomic mass is 15.4. The highest BCUT2D eigenvalue weighted by Gasteiger charge is 2.17. The van der Waals surface area contributed by atoms with Gasteiger partial charge in [0.2, 0.25) is 0 Å². The molecule has 1 aromatic carbocycles. The summed E-state index contributed by atoms with van der Waals surface area (Å²) in [5, 5.41) is 0. The summed E-state index contributed by atoms with van der Waals surface area (Å²) < 4.78 is 0. The third kappa shape index (κ3) is 4.48. The molecule has 2 heterocycles. The summed E-state index contributed by atoms with van der Waals surface area (Å²) in [6, 6.07) is 8.66. The van der Waals surface area contributed by atoms with E-state index in [1.54, 1.807) is 0 Å². The fraction of sp³-hybridized carbons (Fsp3) is 0.600. The number of guanidine groups is 2. The Hall–Kier alpha value is -2.24. The average Bonchev–Trinajstić information content (AvgIpc) is 2.61. The molecule has 2 aliphatic rings. The maximum Gasteiger partial charge on any atom is 0.196 e. The van der Waals surface area contributed by atoms with E-state index in [-0.39, 0.29) is 0 Å². The van der Waals surface area contributed by atoms with Gasteiger partial charge in [-0.2, -0.15) is 0 Å². The van der Waals surface area contributed by atoms with Gasteiger partial charge in [0.25, 0.3) is 0 Å². The predicted octanol–water partition coefficient (Wildman–Crippen LogP) is 1.93. The summed E-state index contributed by atoms with van der Waals surface area (Å²) >= 11 is 0. The minimum absolute atomic E-state index is 0.716. The standard InChI is InChI=1S/C20H32N6/c1-23-10-6-11-24(2)19(23)21-15-17-8-5-9-18(14-17)16-22-20-25(3)12-7-13-26(20)4/h5,8-9,14H,6-7,10-13,15-16H2,1-4H3. The van der Waals surface area contributed by atoms with Gasteiger partial charge in [0.1, 0.15) is 0 Å². The molecule has 2 saturated heterocycles. The molecule has 0 saturated carbocycles. The van der Waals surface area contributed by atoms with Crippen LogP contribution in [-0.4, -0.2) is 85.9 Å². The van der Waals surface area contributed by atoms with Gasteiger partial charge in [-0.15, -0.1) is 0 Å². The Labute approximate surface area is 157 Å². The number of hydrogen-bond donors (Lipinski definition) is 0. The lowest BCUT2D eigenvalue weighted by Gasteiger charge is -2.34. The molecule has 6 heteroatoms. The minimum Gasteiger partial charge on any atom is -0.346 e. The van der Waals surface area contributed by atoms with Gasteiger partial charge in [-0.05, 0) is 24.0 Å². The van der Waals surface area contributed by atoms with Crippen LogP contribution in [0.3, 0.4) is 0 Å². The van der Waals surface area contributed by atoms with Crippen molar-refractivity contribution in [2.45, 2.75) is 25.9 Å². The molecule has 2 fully saturated rings. The third-order valence-electron chi connectivity index (χ3n) is 5.14. The van der Waals surface area contributed by atoms with Crippen molar-refractivity contribution in [2.24, 2.45) is 9.98 Å². The Morgan fingerprint density at radius 3 is 1.46 bits per heavy atom. The van der Waals surface area contributed by atoms with Gasteiger partial charge < -0.3 is 19.6 Å². The molecule has 0 unspecified atom stereocenters. The largest absolute Gasteiger partial charge is 0.346 e. The molecule has 26 heavy (non-hydrogen) atoms. The highest BCUT2D eigenvalue weighted by molar-refractivity contribution is 5.80. The summed E-state index contributed by atoms with van der Waals surface area (Å²) in [5.41, 5.74) is 2.49. The highest BCUT2D eigenvalue weighted by Crippen LogP contribution is 2.12. The van der Waals surface area contributed by atoms with Crippen LogP contribution in [0.15, 0.2) is 34.3 Å². The van der Waals surface area contributed by atoms with E-state index >= 15 is 0 Å². The predicted molar refractivity (Wildman–Crippen MR) is 108 cm³/mol. The normalized spacial score (nSPS) is 18.5. The maximum atomic E-state index is 4.85. The molecule has 0 radical (unpaired) electrons. The molecular formula is C20H32N6. The van der Waals surface area contributed by atoms with Gasteiger partial charge in [-0.1, -0.05) is 24.3 Å². The molecule has 0 bridgehead atoms. The monoisotopic (exact) mass is 356 g/mol. The van der Waals surface area contributed by atoms with Crippen LogP contribution in [-0.2, 0) is 13.1 Å². The number of nitrogens with zero attached hydrogens (tertiary/aromatic N) is 6. The first-order valence-corrected chi connectivity index (χ1v) is 9.56. The fourth-order valence-corrected chi connectivity index (χ4v) is 3.71. The van der Waals surface area contributed by atoms with Gasteiger partial charge in [-0.25, -0.2) is 9.98 Å². The minimum atomic E-state index is 0.716. The molecule has 2 aliphatic heterocycles. The van der Waals surface area contributed by atoms with E-state index in [4.69, 9.17) is 9.98 Å². The van der Waals surface area contributed by atoms with Crippen molar-refractivity contribution in [1.29, 1.82) is 0 Å². The number of benzene rings is 1. The van der Waals surface area contributed by atoms with E-state index in [2.05, 4.69) is 72.1 Å². The van der Waals surface area contributed by atoms with Gasteiger partial charge >= 0.3 is 0 Å². The first-order valence-electron chi connectivity index (χ1n) is 9.56. The van der Waals surface area contributed by atoms with Crippen LogP contribution in [0.5, 0.6) is 0 Å². The average molecular weight is 357 g/mol. The molecule has 6 nitrogen and oxygen atoms in total. The van der Waals surface area contributed by atoms with Crippen LogP contribution < -0.4 is 0 Å². The van der Waals surface area contributed by atoms with Crippen LogP contribution in [0.2, 0.25) is 0 Å². The quantitative estimate of drug-likeness (QED) is 0.826. The molecular weight excluding hydrogens is 324 g/mol. The van der Waals surface area contributed by atoms with Crippen molar-refractivity contribution in [1.82, 2.24) is 19.6 Å². The molecule has 0 N–H and O–H groups in total. The summed E-state index contributed by atoms with van der Waals surface area (Å²) in [6.07, 6.45) is 2.40. The zero-order chi connectivity index (χ0) is 18.5. The van der Waals surface area contributed by atoms with Crippen LogP contribution in [0.1, 0.15) is 24.0 Å². The molecule has 0 atom stereocenters. The van der Waals surface area contributed by atoms with Gasteiger partial charge in [0.15, 0.2) is 11.9 Å². The van der Waals surface area contributed by atoms with Crippen molar-refractivity contribution in [3.63, 3.8) is 0 Å². The fourth-order valence-electron chi connectivity index (χ4n) is 3.71. The van der Waals surface area contributed by atoms with Crippen LogP contribution in [0.25, 0.3) is 0 Å². The molecule has 1 aromatic rings. The second-order valence-corrected chi connectivity index (χ2v) is 7.45. The smallest absolute Gasteiger partial charge is 0.196 e. The molecule has 142 valence electrons. The van der Waals surface area contributed by atoms with Crippen molar-refractivity contribution in [3.8, 4) is 0 Å². The number of hydrogen-bond acceptors (Lipinski definition) is 2. The number of aliphatic imine (C=N–C) groups is 2. The zero-order valence-corrected chi connectivity index (χ0v) is 16.6. The van der Waals surface area contributed by atoms with Crippen molar-refractivity contribution in [2.75, 3.05) is 54.4 Å². The lowest BCUT2D eigenvalue weighted by molar-refractivity contribution is 0.316. The second-order valence-electron chi connectivity index (χ2n) is 7.45. The first kappa shape index (κ1) is 18.5. The molecule has 3 rings (SSSR count). The van der Waals surface area contributed by atoms with Crippen LogP contribution in [0.4, 0.5) is 0 Å². The Kier molecular flexibility index (Phi) is 6.01. The van der Waals surface area contributed by atoms with E-state index < -0.39 is 0 Å². The Bertz CT molecular complexity index is 591. The van der Waals surface area contributed by atoms with E-state index in [1.165, 1.54) is 24.0 Å². The lowest BCUT2D eigenvalue weighted by atomic mass is 10.1. The SMILES string of the molecule is CN1CCCN(C)C1=NCc1cccc(CN=C2N(C)CCCN2C)c1. The topological polar surface area (TPSA) is 37.7 Å². The van der Waals surface area contributed by atoms with Crippen molar-refractivity contribution in [3.05, 3.63) is 35.4 Å². The third-order valence-corrected chi connectivity index (χ3v) is 5.14. The lowest BCUT2D eigenvalue weighted by Crippen LogP contribution is -2.46. The zero-order valence-electron chi connectivity index (χ0n) is 16.6. The first-order chi connectivity index (χ1) is 12.5. The van der Waals surface area contributed by atoms with Crippen molar-refractivity contribution < 1.29 is 0 Å². The van der Waals surface area contributed by atoms with E-state index in [0.29, 0.717) is 13.1 Å². The molecule has 0 amide bonds. The summed E-state index contributed by atoms with van der Waals surface area (Å²) in [5.74, 6) is 2.18. The second kappa shape index (κ2) is 8.43. The Balaban J connectivity index is 1.66. The summed E-state index contributed by atoms with van der Waals surface area (Å²) in [6.45, 7) is 5.77. The Morgan fingerprint density at radius 2 is 1.08 bits per heavy atom. The van der Waals surface area contributed by atoms with Gasteiger partial charge in [0.05, 0.1) is 13.1 Å². The summed E-state index contributed by atoms with van der Waals surface area (Å²) in [7, 11) is 8.49. The van der Waals surface area contributed by atoms with Crippen molar-refractivity contribution >= 4 is 11.9 Å². The van der Waals surface area contributed by atoms with Crippen LogP contribution in [0, 0.1) is 0 Å². The molecule has 0 spiro atoms. The van der Waals surface area contributed by atoms with Gasteiger partial charge in [-0.3, -0.25) is 0 Å². The Morgan fingerprint density at radius 1 is 0.692 bits per heavy atom. The van der Waals surface area contributed by atoms with E-state index in [0.717, 1.165) is 38.1 Å². The maximum absolute atomic E-state index is 4.85.